The van der Waals surface area contributed by atoms with Crippen molar-refractivity contribution < 1.29 is 14.2 Å². The van der Waals surface area contributed by atoms with E-state index in [2.05, 4.69) is 0 Å². The first-order chi connectivity index (χ1) is 7.72. The van der Waals surface area contributed by atoms with Gasteiger partial charge in [0.1, 0.15) is 6.10 Å². The molecule has 0 fully saturated rings. The monoisotopic (exact) mass is 238 g/mol. The third-order valence-corrected chi connectivity index (χ3v) is 3.23. The Balaban J connectivity index is 2.34. The van der Waals surface area contributed by atoms with Crippen molar-refractivity contribution >= 4 is 11.3 Å². The molecule has 0 amide bonds. The van der Waals surface area contributed by atoms with Gasteiger partial charge in [-0.25, -0.2) is 4.39 Å². The molecule has 1 aromatic carbocycles. The number of benzene rings is 1. The Morgan fingerprint density at radius 3 is 2.81 bits per heavy atom. The summed E-state index contributed by atoms with van der Waals surface area (Å²) < 4.78 is 18.0. The molecule has 4 heteroatoms. The number of hydrogen-bond acceptors (Lipinski definition) is 3. The van der Waals surface area contributed by atoms with Crippen LogP contribution in [0.25, 0.3) is 0 Å². The number of aliphatic hydroxyl groups is 1. The van der Waals surface area contributed by atoms with Crippen LogP contribution in [0, 0.1) is 5.82 Å². The Morgan fingerprint density at radius 1 is 1.38 bits per heavy atom. The van der Waals surface area contributed by atoms with Crippen LogP contribution in [0.2, 0.25) is 0 Å². The number of hydrogen-bond donors (Lipinski definition) is 1. The predicted octanol–water partition coefficient (Wildman–Crippen LogP) is 2.98. The first kappa shape index (κ1) is 11.1. The fourth-order valence-corrected chi connectivity index (χ4v) is 2.19. The summed E-state index contributed by atoms with van der Waals surface area (Å²) in [7, 11) is 1.40. The van der Waals surface area contributed by atoms with Crippen LogP contribution in [-0.2, 0) is 0 Å². The second-order valence-electron chi connectivity index (χ2n) is 3.31. The summed E-state index contributed by atoms with van der Waals surface area (Å²) in [6, 6.07) is 8.07. The van der Waals surface area contributed by atoms with Gasteiger partial charge >= 0.3 is 0 Å². The van der Waals surface area contributed by atoms with Crippen molar-refractivity contribution in [1.82, 2.24) is 0 Å². The Hall–Kier alpha value is -1.39. The average Bonchev–Trinajstić information content (AvgIpc) is 2.82. The van der Waals surface area contributed by atoms with Gasteiger partial charge in [-0.15, -0.1) is 11.3 Å². The molecule has 0 aliphatic carbocycles. The molecule has 0 spiro atoms. The molecule has 2 rings (SSSR count). The Kier molecular flexibility index (Phi) is 3.22. The molecule has 2 aromatic rings. The van der Waals surface area contributed by atoms with Crippen molar-refractivity contribution in [1.29, 1.82) is 0 Å². The highest BCUT2D eigenvalue weighted by Gasteiger charge is 2.13. The van der Waals surface area contributed by atoms with Crippen molar-refractivity contribution in [2.75, 3.05) is 7.11 Å². The average molecular weight is 238 g/mol. The molecule has 84 valence electrons. The minimum absolute atomic E-state index is 0.146. The van der Waals surface area contributed by atoms with Crippen LogP contribution >= 0.6 is 11.3 Å². The summed E-state index contributed by atoms with van der Waals surface area (Å²) in [6.07, 6.45) is -0.727. The van der Waals surface area contributed by atoms with Crippen molar-refractivity contribution in [3.63, 3.8) is 0 Å². The molecule has 0 saturated heterocycles. The molecule has 0 bridgehead atoms. The zero-order valence-corrected chi connectivity index (χ0v) is 9.50. The van der Waals surface area contributed by atoms with Crippen molar-refractivity contribution in [2.45, 2.75) is 6.10 Å². The summed E-state index contributed by atoms with van der Waals surface area (Å²) in [4.78, 5) is 0.827. The van der Waals surface area contributed by atoms with E-state index in [1.807, 2.05) is 17.5 Å². The lowest BCUT2D eigenvalue weighted by molar-refractivity contribution is 0.223. The zero-order chi connectivity index (χ0) is 11.5. The van der Waals surface area contributed by atoms with E-state index in [-0.39, 0.29) is 5.75 Å². The summed E-state index contributed by atoms with van der Waals surface area (Å²) >= 11 is 1.46. The quantitative estimate of drug-likeness (QED) is 0.890. The largest absolute Gasteiger partial charge is 0.494 e. The molecule has 1 aromatic heterocycles. The number of aliphatic hydroxyl groups excluding tert-OH is 1. The first-order valence-corrected chi connectivity index (χ1v) is 5.65. The number of thiophene rings is 1. The van der Waals surface area contributed by atoms with Crippen molar-refractivity contribution in [3.8, 4) is 5.75 Å². The predicted molar refractivity (Wildman–Crippen MR) is 61.3 cm³/mol. The third-order valence-electron chi connectivity index (χ3n) is 2.30. The van der Waals surface area contributed by atoms with E-state index in [9.17, 15) is 9.50 Å². The minimum Gasteiger partial charge on any atom is -0.494 e. The molecule has 0 aliphatic rings. The van der Waals surface area contributed by atoms with Gasteiger partial charge in [0, 0.05) is 4.88 Å². The molecule has 0 saturated carbocycles. The second-order valence-corrected chi connectivity index (χ2v) is 4.29. The third kappa shape index (κ3) is 2.08. The summed E-state index contributed by atoms with van der Waals surface area (Å²) in [5.74, 6) is -0.280. The Morgan fingerprint density at radius 2 is 2.19 bits per heavy atom. The smallest absolute Gasteiger partial charge is 0.165 e. The maximum atomic E-state index is 13.2. The van der Waals surface area contributed by atoms with E-state index in [1.165, 1.54) is 30.6 Å². The van der Waals surface area contributed by atoms with Crippen LogP contribution in [0.5, 0.6) is 5.75 Å². The van der Waals surface area contributed by atoms with Crippen LogP contribution in [0.3, 0.4) is 0 Å². The lowest BCUT2D eigenvalue weighted by Crippen LogP contribution is -1.98. The van der Waals surface area contributed by atoms with Gasteiger partial charge in [0.2, 0.25) is 0 Å². The Bertz CT molecular complexity index is 468. The normalized spacial score (nSPS) is 12.4. The number of halogens is 1. The summed E-state index contributed by atoms with van der Waals surface area (Å²) in [5.41, 5.74) is 0.626. The highest BCUT2D eigenvalue weighted by molar-refractivity contribution is 7.10. The van der Waals surface area contributed by atoms with Crippen LogP contribution < -0.4 is 4.74 Å². The van der Waals surface area contributed by atoms with E-state index in [4.69, 9.17) is 4.74 Å². The van der Waals surface area contributed by atoms with E-state index in [0.29, 0.717) is 5.56 Å². The molecule has 0 aliphatic heterocycles. The van der Waals surface area contributed by atoms with Gasteiger partial charge in [0.05, 0.1) is 7.11 Å². The minimum atomic E-state index is -0.727. The van der Waals surface area contributed by atoms with Crippen LogP contribution in [-0.4, -0.2) is 12.2 Å². The molecule has 2 nitrogen and oxygen atoms in total. The van der Waals surface area contributed by atoms with Gasteiger partial charge in [0.15, 0.2) is 11.6 Å². The fraction of sp³-hybridized carbons (Fsp3) is 0.167. The molecule has 1 heterocycles. The SMILES string of the molecule is COc1cc(C(O)c2cccs2)ccc1F. The topological polar surface area (TPSA) is 29.5 Å². The zero-order valence-electron chi connectivity index (χ0n) is 8.68. The van der Waals surface area contributed by atoms with Gasteiger partial charge in [-0.1, -0.05) is 12.1 Å². The van der Waals surface area contributed by atoms with Crippen molar-refractivity contribution in [2.24, 2.45) is 0 Å². The van der Waals surface area contributed by atoms with Crippen molar-refractivity contribution in [3.05, 3.63) is 52.0 Å². The second kappa shape index (κ2) is 4.63. The van der Waals surface area contributed by atoms with Crippen LogP contribution in [0.15, 0.2) is 35.7 Å². The van der Waals surface area contributed by atoms with Gasteiger partial charge < -0.3 is 9.84 Å². The van der Waals surface area contributed by atoms with Crippen LogP contribution in [0.4, 0.5) is 4.39 Å². The van der Waals surface area contributed by atoms with E-state index >= 15 is 0 Å². The molecule has 1 atom stereocenters. The first-order valence-electron chi connectivity index (χ1n) is 4.77. The van der Waals surface area contributed by atoms with Gasteiger partial charge in [-0.05, 0) is 29.1 Å². The maximum absolute atomic E-state index is 13.2. The summed E-state index contributed by atoms with van der Waals surface area (Å²) in [6.45, 7) is 0. The lowest BCUT2D eigenvalue weighted by Gasteiger charge is -2.10. The van der Waals surface area contributed by atoms with E-state index < -0.39 is 11.9 Å². The molecule has 16 heavy (non-hydrogen) atoms. The van der Waals surface area contributed by atoms with E-state index in [0.717, 1.165) is 4.88 Å². The van der Waals surface area contributed by atoms with Gasteiger partial charge in [0.25, 0.3) is 0 Å². The molecule has 1 N–H and O–H groups in total. The van der Waals surface area contributed by atoms with Crippen LogP contribution in [0.1, 0.15) is 16.5 Å². The lowest BCUT2D eigenvalue weighted by atomic mass is 10.1. The van der Waals surface area contributed by atoms with Gasteiger partial charge in [-0.3, -0.25) is 0 Å². The fourth-order valence-electron chi connectivity index (χ4n) is 1.46. The standard InChI is InChI=1S/C12H11FO2S/c1-15-10-7-8(4-5-9(10)13)12(14)11-3-2-6-16-11/h2-7,12,14H,1H3. The molecular weight excluding hydrogens is 227 g/mol. The van der Waals surface area contributed by atoms with E-state index in [1.54, 1.807) is 6.07 Å². The highest BCUT2D eigenvalue weighted by atomic mass is 32.1. The van der Waals surface area contributed by atoms with Gasteiger partial charge in [-0.2, -0.15) is 0 Å². The maximum Gasteiger partial charge on any atom is 0.165 e. The summed E-state index contributed by atoms with van der Waals surface area (Å²) in [5, 5.41) is 11.9. The molecule has 1 unspecified atom stereocenters. The number of ether oxygens (including phenoxy) is 1. The number of methoxy groups -OCH3 is 1. The number of rotatable bonds is 3. The molecule has 0 radical (unpaired) electrons. The Labute approximate surface area is 96.9 Å². The highest BCUT2D eigenvalue weighted by Crippen LogP contribution is 2.29. The molecular formula is C12H11FO2S.